The summed E-state index contributed by atoms with van der Waals surface area (Å²) in [6, 6.07) is -0.164. The predicted octanol–water partition coefficient (Wildman–Crippen LogP) is 4.37. The average Bonchev–Trinajstić information content (AvgIpc) is 2.25. The SMILES string of the molecule is CCOP(=O)(OCC)OCCC[Si](F)(F)C(C)C. The van der Waals surface area contributed by atoms with Gasteiger partial charge in [0.2, 0.25) is 0 Å². The Hall–Kier alpha value is 0.187. The molecule has 0 bridgehead atoms. The first kappa shape index (κ1) is 18.2. The summed E-state index contributed by atoms with van der Waals surface area (Å²) in [7, 11) is -7.72. The molecule has 0 fully saturated rings. The van der Waals surface area contributed by atoms with Gasteiger partial charge in [0.1, 0.15) is 0 Å². The molecule has 0 spiro atoms. The molecular weight excluding hydrogens is 281 g/mol. The molecule has 0 amide bonds. The van der Waals surface area contributed by atoms with Gasteiger partial charge in [-0.2, -0.15) is 0 Å². The monoisotopic (exact) mass is 304 g/mol. The maximum absolute atomic E-state index is 13.4. The molecule has 0 saturated carbocycles. The number of halogens is 2. The Kier molecular flexibility index (Phi) is 8.46. The van der Waals surface area contributed by atoms with E-state index in [1.165, 1.54) is 13.8 Å². The van der Waals surface area contributed by atoms with Gasteiger partial charge in [-0.1, -0.05) is 13.8 Å². The average molecular weight is 304 g/mol. The van der Waals surface area contributed by atoms with Crippen LogP contribution < -0.4 is 0 Å². The number of rotatable bonds is 10. The van der Waals surface area contributed by atoms with E-state index in [0.29, 0.717) is 0 Å². The summed E-state index contributed by atoms with van der Waals surface area (Å²) in [6.07, 6.45) is 0.168. The van der Waals surface area contributed by atoms with E-state index in [1.807, 2.05) is 0 Å². The highest BCUT2D eigenvalue weighted by Gasteiger charge is 2.38. The molecule has 0 atom stereocenters. The second-order valence-electron chi connectivity index (χ2n) is 4.14. The standard InChI is InChI=1S/C10H23F2O4PSi/c1-5-14-17(13,15-6-2)16-8-7-9-18(11,12)10(3)4/h10H,5-9H2,1-4H3. The Labute approximate surface area is 109 Å². The molecule has 0 aliphatic carbocycles. The van der Waals surface area contributed by atoms with E-state index in [1.54, 1.807) is 13.8 Å². The minimum atomic E-state index is -4.17. The fraction of sp³-hybridized carbons (Fsp3) is 1.00. The van der Waals surface area contributed by atoms with Gasteiger partial charge in [-0.3, -0.25) is 21.8 Å². The van der Waals surface area contributed by atoms with Crippen molar-refractivity contribution in [3.8, 4) is 0 Å². The lowest BCUT2D eigenvalue weighted by atomic mass is 10.5. The number of phosphoric ester groups is 1. The van der Waals surface area contributed by atoms with Crippen LogP contribution in [0.15, 0.2) is 0 Å². The molecule has 0 rings (SSSR count). The van der Waals surface area contributed by atoms with Crippen LogP contribution in [0.25, 0.3) is 0 Å². The van der Waals surface area contributed by atoms with Crippen LogP contribution in [0.1, 0.15) is 34.1 Å². The minimum absolute atomic E-state index is 0.0351. The Morgan fingerprint density at radius 2 is 1.61 bits per heavy atom. The van der Waals surface area contributed by atoms with Gasteiger partial charge >= 0.3 is 16.6 Å². The van der Waals surface area contributed by atoms with Crippen LogP contribution in [-0.4, -0.2) is 28.6 Å². The van der Waals surface area contributed by atoms with Crippen LogP contribution in [-0.2, 0) is 18.1 Å². The normalized spacial score (nSPS) is 13.3. The lowest BCUT2D eigenvalue weighted by molar-refractivity contribution is 0.121. The molecule has 18 heavy (non-hydrogen) atoms. The zero-order chi connectivity index (χ0) is 14.2. The zero-order valence-electron chi connectivity index (χ0n) is 11.4. The van der Waals surface area contributed by atoms with Crippen molar-refractivity contribution in [2.75, 3.05) is 19.8 Å². The second-order valence-corrected chi connectivity index (χ2v) is 8.98. The maximum atomic E-state index is 13.4. The summed E-state index contributed by atoms with van der Waals surface area (Å²) in [4.78, 5) is 0. The molecule has 110 valence electrons. The van der Waals surface area contributed by atoms with E-state index in [9.17, 15) is 12.8 Å². The number of hydrogen-bond acceptors (Lipinski definition) is 4. The predicted molar refractivity (Wildman–Crippen MR) is 69.3 cm³/mol. The molecule has 0 radical (unpaired) electrons. The van der Waals surface area contributed by atoms with Crippen LogP contribution in [0.2, 0.25) is 11.6 Å². The largest absolute Gasteiger partial charge is 0.474 e. The van der Waals surface area contributed by atoms with Gasteiger partial charge in [0.25, 0.3) is 0 Å². The molecule has 0 N–H and O–H groups in total. The van der Waals surface area contributed by atoms with Gasteiger partial charge in [-0.25, -0.2) is 4.57 Å². The van der Waals surface area contributed by atoms with E-state index in [0.717, 1.165) is 0 Å². The smallest absolute Gasteiger partial charge is 0.287 e. The minimum Gasteiger partial charge on any atom is -0.287 e. The molecule has 4 nitrogen and oxygen atoms in total. The Bertz CT molecular complexity index is 267. The number of hydrogen-bond donors (Lipinski definition) is 0. The first-order valence-electron chi connectivity index (χ1n) is 6.19. The van der Waals surface area contributed by atoms with Gasteiger partial charge in [0.15, 0.2) is 0 Å². The van der Waals surface area contributed by atoms with Crippen LogP contribution >= 0.6 is 7.82 Å². The van der Waals surface area contributed by atoms with Crippen molar-refractivity contribution in [2.45, 2.75) is 45.7 Å². The molecule has 0 heterocycles. The van der Waals surface area contributed by atoms with Crippen molar-refractivity contribution < 1.29 is 26.4 Å². The van der Waals surface area contributed by atoms with Crippen LogP contribution in [0.4, 0.5) is 8.22 Å². The first-order valence-corrected chi connectivity index (χ1v) is 9.69. The lowest BCUT2D eigenvalue weighted by Gasteiger charge is -2.18. The van der Waals surface area contributed by atoms with E-state index < -0.39 is 22.1 Å². The Morgan fingerprint density at radius 1 is 1.11 bits per heavy atom. The molecule has 0 aliphatic heterocycles. The molecular formula is C10H23F2O4PSi. The molecule has 0 saturated heterocycles. The summed E-state index contributed by atoms with van der Waals surface area (Å²) in [5, 5.41) is 0. The fourth-order valence-corrected chi connectivity index (χ4v) is 3.60. The summed E-state index contributed by atoms with van der Waals surface area (Å²) in [5.74, 6) is 0. The van der Waals surface area contributed by atoms with Gasteiger partial charge < -0.3 is 0 Å². The molecule has 0 aromatic heterocycles. The molecule has 0 aromatic rings. The third-order valence-corrected chi connectivity index (χ3v) is 6.68. The molecule has 8 heteroatoms. The summed E-state index contributed by atoms with van der Waals surface area (Å²) in [6.45, 7) is 6.72. The van der Waals surface area contributed by atoms with Crippen molar-refractivity contribution in [1.29, 1.82) is 0 Å². The number of phosphoric acid groups is 1. The summed E-state index contributed by atoms with van der Waals surface area (Å²) < 4.78 is 53.4. The van der Waals surface area contributed by atoms with Crippen LogP contribution in [0, 0.1) is 0 Å². The van der Waals surface area contributed by atoms with Crippen molar-refractivity contribution in [3.05, 3.63) is 0 Å². The highest BCUT2D eigenvalue weighted by atomic mass is 31.2. The highest BCUT2D eigenvalue weighted by Crippen LogP contribution is 2.49. The second kappa shape index (κ2) is 8.38. The molecule has 0 aromatic carbocycles. The fourth-order valence-electron chi connectivity index (χ4n) is 1.20. The van der Waals surface area contributed by atoms with Crippen molar-refractivity contribution in [1.82, 2.24) is 0 Å². The van der Waals surface area contributed by atoms with E-state index in [-0.39, 0.29) is 32.3 Å². The molecule has 0 unspecified atom stereocenters. The van der Waals surface area contributed by atoms with E-state index >= 15 is 0 Å². The lowest BCUT2D eigenvalue weighted by Crippen LogP contribution is -2.26. The quantitative estimate of drug-likeness (QED) is 0.260. The van der Waals surface area contributed by atoms with Crippen molar-refractivity contribution >= 4 is 16.6 Å². The topological polar surface area (TPSA) is 44.8 Å². The van der Waals surface area contributed by atoms with Crippen LogP contribution in [0.5, 0.6) is 0 Å². The van der Waals surface area contributed by atoms with E-state index in [2.05, 4.69) is 0 Å². The maximum Gasteiger partial charge on any atom is 0.474 e. The van der Waals surface area contributed by atoms with Crippen LogP contribution in [0.3, 0.4) is 0 Å². The third-order valence-electron chi connectivity index (χ3n) is 2.32. The van der Waals surface area contributed by atoms with Gasteiger partial charge in [-0.05, 0) is 20.3 Å². The molecule has 0 aliphatic rings. The van der Waals surface area contributed by atoms with Crippen molar-refractivity contribution in [3.63, 3.8) is 0 Å². The summed E-state index contributed by atoms with van der Waals surface area (Å²) in [5.41, 5.74) is -0.580. The zero-order valence-corrected chi connectivity index (χ0v) is 13.3. The Balaban J connectivity index is 4.05. The van der Waals surface area contributed by atoms with Crippen molar-refractivity contribution in [2.24, 2.45) is 0 Å². The van der Waals surface area contributed by atoms with E-state index in [4.69, 9.17) is 13.6 Å². The van der Waals surface area contributed by atoms with Gasteiger partial charge in [-0.15, -0.1) is 0 Å². The highest BCUT2D eigenvalue weighted by molar-refractivity contribution is 7.48. The Morgan fingerprint density at radius 3 is 2.00 bits per heavy atom. The first-order chi connectivity index (χ1) is 8.27. The van der Waals surface area contributed by atoms with Gasteiger partial charge in [0.05, 0.1) is 19.8 Å². The summed E-state index contributed by atoms with van der Waals surface area (Å²) >= 11 is 0. The van der Waals surface area contributed by atoms with Gasteiger partial charge in [0, 0.05) is 11.6 Å². The third kappa shape index (κ3) is 6.94.